The zero-order valence-electron chi connectivity index (χ0n) is 54.7. The van der Waals surface area contributed by atoms with Crippen molar-refractivity contribution in [1.82, 2.24) is 23.7 Å². The highest BCUT2D eigenvalue weighted by molar-refractivity contribution is 7.26. The third-order valence-corrected chi connectivity index (χ3v) is 24.5. The molecule has 5 nitrogen and oxygen atoms in total. The van der Waals surface area contributed by atoms with Crippen molar-refractivity contribution in [1.29, 1.82) is 0 Å². The van der Waals surface area contributed by atoms with Crippen molar-refractivity contribution in [3.63, 3.8) is 0 Å². The zero-order valence-corrected chi connectivity index (χ0v) is 57.2. The molecule has 0 saturated carbocycles. The molecule has 0 saturated heterocycles. The molecule has 7 aromatic heterocycles. The molecular formula is C94H55N5S3. The molecule has 0 aliphatic rings. The molecule has 15 aromatic carbocycles. The van der Waals surface area contributed by atoms with Crippen LogP contribution in [0.3, 0.4) is 0 Å². The highest BCUT2D eigenvalue weighted by atomic mass is 32.1. The molecule has 0 spiro atoms. The molecule has 0 atom stereocenters. The van der Waals surface area contributed by atoms with Gasteiger partial charge in [-0.05, 0) is 185 Å². The van der Waals surface area contributed by atoms with Crippen LogP contribution in [-0.4, -0.2) is 23.7 Å². The fourth-order valence-electron chi connectivity index (χ4n) is 16.3. The third kappa shape index (κ3) is 8.93. The van der Waals surface area contributed by atoms with Crippen LogP contribution in [0.5, 0.6) is 0 Å². The van der Waals surface area contributed by atoms with Crippen LogP contribution in [0.2, 0.25) is 0 Å². The number of rotatable bonds is 9. The molecule has 0 amide bonds. The van der Waals surface area contributed by atoms with E-state index in [4.69, 9.17) is 9.97 Å². The lowest BCUT2D eigenvalue weighted by atomic mass is 9.99. The van der Waals surface area contributed by atoms with E-state index in [0.717, 1.165) is 78.1 Å². The average Bonchev–Trinajstić information content (AvgIpc) is 1.55. The van der Waals surface area contributed by atoms with Crippen LogP contribution < -0.4 is 0 Å². The van der Waals surface area contributed by atoms with Crippen LogP contribution in [-0.2, 0) is 0 Å². The van der Waals surface area contributed by atoms with E-state index < -0.39 is 0 Å². The van der Waals surface area contributed by atoms with Gasteiger partial charge in [-0.25, -0.2) is 9.97 Å². The van der Waals surface area contributed by atoms with Crippen LogP contribution >= 0.6 is 34.0 Å². The lowest BCUT2D eigenvalue weighted by molar-refractivity contribution is 1.15. The van der Waals surface area contributed by atoms with Gasteiger partial charge in [0.05, 0.1) is 38.8 Å². The fraction of sp³-hybridized carbons (Fsp3) is 0. The van der Waals surface area contributed by atoms with Crippen LogP contribution in [0.25, 0.3) is 210 Å². The predicted molar refractivity (Wildman–Crippen MR) is 436 cm³/mol. The summed E-state index contributed by atoms with van der Waals surface area (Å²) in [4.78, 5) is 11.2. The summed E-state index contributed by atoms with van der Waals surface area (Å²) in [6.45, 7) is 0. The molecule has 7 heterocycles. The van der Waals surface area contributed by atoms with Crippen molar-refractivity contribution in [3.05, 3.63) is 334 Å². The third-order valence-electron chi connectivity index (χ3n) is 21.1. The number of thiophene rings is 3. The number of aromatic nitrogens is 5. The first-order valence-electron chi connectivity index (χ1n) is 34.6. The maximum Gasteiger partial charge on any atom is 0.159 e. The summed E-state index contributed by atoms with van der Waals surface area (Å²) in [7, 11) is 0. The van der Waals surface area contributed by atoms with Gasteiger partial charge in [0.1, 0.15) is 0 Å². The molecule has 8 heteroatoms. The number of nitrogens with zero attached hydrogens (tertiary/aromatic N) is 5. The van der Waals surface area contributed by atoms with Gasteiger partial charge < -0.3 is 13.7 Å². The molecule has 102 heavy (non-hydrogen) atoms. The zero-order chi connectivity index (χ0) is 66.7. The van der Waals surface area contributed by atoms with E-state index in [1.807, 2.05) is 34.0 Å². The Hall–Kier alpha value is -12.6. The summed E-state index contributed by atoms with van der Waals surface area (Å²) in [6, 6.07) is 121. The average molecular weight is 1350 g/mol. The van der Waals surface area contributed by atoms with E-state index in [2.05, 4.69) is 347 Å². The van der Waals surface area contributed by atoms with Gasteiger partial charge in [-0.1, -0.05) is 182 Å². The minimum Gasteiger partial charge on any atom is -0.309 e. The molecule has 0 bridgehead atoms. The SMILES string of the molecule is c1cc(-c2ncc(-c3cccc(-n4c5ccccc5c5cc(-c6ccc7sc8ccccc8c7c6)ccc54)c3)c(-c3cccc(-n4c5ccccc5c5cc(-c6ccc7sc8ccccc8c7c6)ccc54)c3)n2)cc(-n2c3ccccc3c3cc(-c4ccc5sc6ccccc6c5c4)ccc32)c1. The Morgan fingerprint density at radius 3 is 0.922 bits per heavy atom. The predicted octanol–water partition coefficient (Wildman–Crippen LogP) is 26.9. The molecule has 0 fully saturated rings. The standard InChI is InChI=1S/C94H55N5S3/c1-7-28-81-68(22-1)74-49-56(59-37-43-90-77(52-59)71-25-4-10-31-87(71)100-90)34-40-84(74)97(81)65-19-13-16-62(46-65)80-55-95-94(64-18-15-21-67(48-64)99-83-30-9-3-24-70(83)76-51-58(36-42-86(76)99)61-39-45-92-79(54-61)73-27-6-12-33-89(73)102-92)96-93(80)63-17-14-20-66(47-63)98-82-29-8-2-23-69(82)75-50-57(35-41-85(75)98)60-38-44-91-78(53-60)72-26-5-11-32-88(72)101-91/h1-55H. The van der Waals surface area contributed by atoms with Gasteiger partial charge in [0.25, 0.3) is 0 Å². The Bertz CT molecular complexity index is 7290. The molecule has 0 N–H and O–H groups in total. The Morgan fingerprint density at radius 2 is 0.510 bits per heavy atom. The number of hydrogen-bond donors (Lipinski definition) is 0. The van der Waals surface area contributed by atoms with Crippen molar-refractivity contribution < 1.29 is 0 Å². The van der Waals surface area contributed by atoms with Crippen molar-refractivity contribution in [2.75, 3.05) is 0 Å². The van der Waals surface area contributed by atoms with Crippen LogP contribution in [0.15, 0.2) is 334 Å². The second-order valence-corrected chi connectivity index (χ2v) is 30.0. The number of hydrogen-bond acceptors (Lipinski definition) is 5. The molecule has 0 unspecified atom stereocenters. The number of benzene rings is 15. The van der Waals surface area contributed by atoms with Gasteiger partial charge in [0, 0.05) is 133 Å². The first-order valence-corrected chi connectivity index (χ1v) is 37.0. The lowest BCUT2D eigenvalue weighted by Crippen LogP contribution is -2.00. The van der Waals surface area contributed by atoms with E-state index in [-0.39, 0.29) is 0 Å². The fourth-order valence-corrected chi connectivity index (χ4v) is 19.6. The van der Waals surface area contributed by atoms with Crippen molar-refractivity contribution in [3.8, 4) is 84.2 Å². The molecule has 22 aromatic rings. The molecule has 474 valence electrons. The smallest absolute Gasteiger partial charge is 0.159 e. The van der Waals surface area contributed by atoms with E-state index in [1.165, 1.54) is 126 Å². The van der Waals surface area contributed by atoms with Crippen molar-refractivity contribution in [2.24, 2.45) is 0 Å². The molecular weight excluding hydrogens is 1300 g/mol. The van der Waals surface area contributed by atoms with Gasteiger partial charge in [0.15, 0.2) is 5.82 Å². The Balaban J connectivity index is 0.688. The summed E-state index contributed by atoms with van der Waals surface area (Å²) in [6.07, 6.45) is 2.05. The second kappa shape index (κ2) is 22.5. The Morgan fingerprint density at radius 1 is 0.206 bits per heavy atom. The van der Waals surface area contributed by atoms with Crippen LogP contribution in [0.1, 0.15) is 0 Å². The topological polar surface area (TPSA) is 40.6 Å². The lowest BCUT2D eigenvalue weighted by Gasteiger charge is -2.16. The van der Waals surface area contributed by atoms with E-state index >= 15 is 0 Å². The Labute approximate surface area is 597 Å². The molecule has 0 radical (unpaired) electrons. The maximum atomic E-state index is 5.78. The van der Waals surface area contributed by atoms with Crippen LogP contribution in [0, 0.1) is 0 Å². The summed E-state index contributed by atoms with van der Waals surface area (Å²) >= 11 is 5.57. The van der Waals surface area contributed by atoms with Crippen LogP contribution in [0.4, 0.5) is 0 Å². The van der Waals surface area contributed by atoms with Crippen molar-refractivity contribution >= 4 is 160 Å². The Kier molecular flexibility index (Phi) is 12.6. The minimum absolute atomic E-state index is 0.638. The summed E-state index contributed by atoms with van der Waals surface area (Å²) in [5.41, 5.74) is 21.8. The molecule has 22 rings (SSSR count). The van der Waals surface area contributed by atoms with Gasteiger partial charge in [-0.15, -0.1) is 34.0 Å². The van der Waals surface area contributed by atoms with E-state index in [1.54, 1.807) is 0 Å². The van der Waals surface area contributed by atoms with Gasteiger partial charge in [0.2, 0.25) is 0 Å². The normalized spacial score (nSPS) is 12.1. The molecule has 0 aliphatic heterocycles. The van der Waals surface area contributed by atoms with Gasteiger partial charge >= 0.3 is 0 Å². The van der Waals surface area contributed by atoms with Gasteiger partial charge in [-0.2, -0.15) is 0 Å². The number of para-hydroxylation sites is 3. The van der Waals surface area contributed by atoms with E-state index in [0.29, 0.717) is 5.82 Å². The summed E-state index contributed by atoms with van der Waals surface area (Å²) in [5.74, 6) is 0.638. The first-order chi connectivity index (χ1) is 50.5. The second-order valence-electron chi connectivity index (χ2n) is 26.8. The first kappa shape index (κ1) is 57.4. The molecule has 0 aliphatic carbocycles. The largest absolute Gasteiger partial charge is 0.309 e. The van der Waals surface area contributed by atoms with E-state index in [9.17, 15) is 0 Å². The highest BCUT2D eigenvalue weighted by Crippen LogP contribution is 2.45. The maximum absolute atomic E-state index is 5.78. The quantitative estimate of drug-likeness (QED) is 0.144. The summed E-state index contributed by atoms with van der Waals surface area (Å²) < 4.78 is 15.1. The summed E-state index contributed by atoms with van der Waals surface area (Å²) in [5, 5.41) is 15.0. The monoisotopic (exact) mass is 1350 g/mol. The van der Waals surface area contributed by atoms with Gasteiger partial charge in [-0.3, -0.25) is 0 Å². The highest BCUT2D eigenvalue weighted by Gasteiger charge is 2.22. The van der Waals surface area contributed by atoms with Crippen molar-refractivity contribution in [2.45, 2.75) is 0 Å². The number of fused-ring (bicyclic) bond motifs is 18. The minimum atomic E-state index is 0.638.